The molecular weight excluding hydrogens is 504 g/mol. The van der Waals surface area contributed by atoms with Crippen molar-refractivity contribution in [3.63, 3.8) is 0 Å². The summed E-state index contributed by atoms with van der Waals surface area (Å²) in [5.74, 6) is -3.23. The Morgan fingerprint density at radius 2 is 1.62 bits per heavy atom. The van der Waals surface area contributed by atoms with Crippen molar-refractivity contribution in [2.24, 2.45) is 17.2 Å². The quantitative estimate of drug-likeness (QED) is 0.0890. The normalized spacial score (nSPS) is 14.1. The van der Waals surface area contributed by atoms with Crippen molar-refractivity contribution in [2.45, 2.75) is 69.1 Å². The van der Waals surface area contributed by atoms with Gasteiger partial charge in [-0.3, -0.25) is 19.2 Å². The molecule has 11 N–H and O–H groups in total. The molecule has 1 aromatic rings. The summed E-state index contributed by atoms with van der Waals surface area (Å²) in [7, 11) is 0. The van der Waals surface area contributed by atoms with Crippen molar-refractivity contribution in [1.82, 2.24) is 25.9 Å². The summed E-state index contributed by atoms with van der Waals surface area (Å²) in [6.45, 7) is 0.384. The highest BCUT2D eigenvalue weighted by molar-refractivity contribution is 7.98. The number of thioether (sulfide) groups is 1. The highest BCUT2D eigenvalue weighted by atomic mass is 32.2. The highest BCUT2D eigenvalue weighted by Gasteiger charge is 2.30. The summed E-state index contributed by atoms with van der Waals surface area (Å²) in [4.78, 5) is 68.0. The first-order valence-electron chi connectivity index (χ1n) is 11.9. The molecule has 14 nitrogen and oxygen atoms in total. The van der Waals surface area contributed by atoms with E-state index in [4.69, 9.17) is 17.2 Å². The second-order valence-electron chi connectivity index (χ2n) is 8.48. The number of aliphatic carboxylic acids is 1. The van der Waals surface area contributed by atoms with Crippen LogP contribution in [-0.4, -0.2) is 87.4 Å². The maximum absolute atomic E-state index is 13.1. The number of aromatic nitrogens is 2. The third kappa shape index (κ3) is 12.6. The van der Waals surface area contributed by atoms with E-state index in [2.05, 4.69) is 25.9 Å². The Morgan fingerprint density at radius 1 is 1.00 bits per heavy atom. The molecule has 0 aliphatic rings. The monoisotopic (exact) mass is 542 g/mol. The van der Waals surface area contributed by atoms with E-state index >= 15 is 0 Å². The number of hydrogen-bond acceptors (Lipinski definition) is 9. The fraction of sp³-hybridized carbons (Fsp3) is 0.636. The molecule has 1 aromatic heterocycles. The van der Waals surface area contributed by atoms with Gasteiger partial charge in [0.15, 0.2) is 0 Å². The van der Waals surface area contributed by atoms with E-state index in [1.54, 1.807) is 0 Å². The number of imidazole rings is 1. The molecule has 4 atom stereocenters. The second kappa shape index (κ2) is 17.3. The van der Waals surface area contributed by atoms with Crippen molar-refractivity contribution in [3.05, 3.63) is 18.2 Å². The predicted molar refractivity (Wildman–Crippen MR) is 138 cm³/mol. The van der Waals surface area contributed by atoms with Gasteiger partial charge in [-0.15, -0.1) is 0 Å². The lowest BCUT2D eigenvalue weighted by molar-refractivity contribution is -0.142. The van der Waals surface area contributed by atoms with Gasteiger partial charge in [-0.05, 0) is 50.7 Å². The van der Waals surface area contributed by atoms with Crippen LogP contribution in [0.2, 0.25) is 0 Å². The summed E-state index contributed by atoms with van der Waals surface area (Å²) < 4.78 is 0. The number of amides is 4. The number of carbonyl (C=O) groups is 5. The van der Waals surface area contributed by atoms with Crippen LogP contribution < -0.4 is 33.2 Å². The molecule has 0 radical (unpaired) electrons. The molecule has 0 aromatic carbocycles. The first kappa shape index (κ1) is 31.9. The fourth-order valence-electron chi connectivity index (χ4n) is 3.33. The predicted octanol–water partition coefficient (Wildman–Crippen LogP) is -2.03. The van der Waals surface area contributed by atoms with Crippen molar-refractivity contribution in [3.8, 4) is 0 Å². The third-order valence-corrected chi connectivity index (χ3v) is 6.10. The van der Waals surface area contributed by atoms with Gasteiger partial charge < -0.3 is 43.2 Å². The van der Waals surface area contributed by atoms with Crippen LogP contribution in [0.4, 0.5) is 0 Å². The molecule has 4 amide bonds. The van der Waals surface area contributed by atoms with E-state index in [1.807, 2.05) is 6.26 Å². The van der Waals surface area contributed by atoms with Gasteiger partial charge in [0.2, 0.25) is 23.6 Å². The SMILES string of the molecule is CSCCC(NC(=O)C(N)CCC(N)=O)C(=O)NC(CCCCN)C(=O)NC(Cc1cnc[nH]1)C(=O)O. The van der Waals surface area contributed by atoms with Crippen molar-refractivity contribution >= 4 is 41.4 Å². The summed E-state index contributed by atoms with van der Waals surface area (Å²) in [6, 6.07) is -4.35. The smallest absolute Gasteiger partial charge is 0.326 e. The molecule has 208 valence electrons. The molecule has 0 aliphatic heterocycles. The standard InChI is InChI=1S/C22H38N8O6S/c1-37-9-7-16(28-19(32)14(24)5-6-18(25)31)21(34)29-15(4-2-3-8-23)20(33)30-17(22(35)36)10-13-11-26-12-27-13/h11-12,14-17H,2-10,23-24H2,1H3,(H2,25,31)(H,26,27)(H,28,32)(H,29,34)(H,30,33)(H,35,36). The lowest BCUT2D eigenvalue weighted by Crippen LogP contribution is -2.57. The Morgan fingerprint density at radius 3 is 2.16 bits per heavy atom. The zero-order valence-electron chi connectivity index (χ0n) is 20.9. The van der Waals surface area contributed by atoms with E-state index in [9.17, 15) is 29.1 Å². The van der Waals surface area contributed by atoms with Gasteiger partial charge in [-0.25, -0.2) is 9.78 Å². The number of carboxylic acid groups (broad SMARTS) is 1. The Hall–Kier alpha value is -3.17. The average molecular weight is 543 g/mol. The highest BCUT2D eigenvalue weighted by Crippen LogP contribution is 2.07. The van der Waals surface area contributed by atoms with Gasteiger partial charge in [0, 0.05) is 24.7 Å². The van der Waals surface area contributed by atoms with Gasteiger partial charge in [-0.1, -0.05) is 0 Å². The molecule has 0 spiro atoms. The summed E-state index contributed by atoms with van der Waals surface area (Å²) in [6.07, 6.45) is 6.18. The Bertz CT molecular complexity index is 885. The number of nitrogens with one attached hydrogen (secondary N) is 4. The lowest BCUT2D eigenvalue weighted by atomic mass is 10.1. The fourth-order valence-corrected chi connectivity index (χ4v) is 3.81. The van der Waals surface area contributed by atoms with E-state index in [0.717, 1.165) is 0 Å². The van der Waals surface area contributed by atoms with Crippen LogP contribution in [-0.2, 0) is 30.4 Å². The van der Waals surface area contributed by atoms with Crippen LogP contribution in [0, 0.1) is 0 Å². The number of carboxylic acids is 1. The molecule has 0 saturated carbocycles. The van der Waals surface area contributed by atoms with Crippen LogP contribution in [0.25, 0.3) is 0 Å². The van der Waals surface area contributed by atoms with Crippen LogP contribution in [0.5, 0.6) is 0 Å². The average Bonchev–Trinajstić information content (AvgIpc) is 3.36. The Kier molecular flexibility index (Phi) is 14.9. The number of aromatic amines is 1. The number of hydrogen-bond donors (Lipinski definition) is 8. The van der Waals surface area contributed by atoms with E-state index < -0.39 is 53.8 Å². The Balaban J connectivity index is 2.94. The summed E-state index contributed by atoms with van der Waals surface area (Å²) in [5, 5.41) is 17.3. The van der Waals surface area contributed by atoms with Crippen LogP contribution in [0.3, 0.4) is 0 Å². The second-order valence-corrected chi connectivity index (χ2v) is 9.47. The molecule has 37 heavy (non-hydrogen) atoms. The van der Waals surface area contributed by atoms with E-state index in [1.165, 1.54) is 24.3 Å². The molecule has 0 saturated heterocycles. The van der Waals surface area contributed by atoms with Crippen LogP contribution >= 0.6 is 11.8 Å². The molecule has 0 aliphatic carbocycles. The van der Waals surface area contributed by atoms with Crippen molar-refractivity contribution in [2.75, 3.05) is 18.6 Å². The van der Waals surface area contributed by atoms with Crippen molar-refractivity contribution in [1.29, 1.82) is 0 Å². The van der Waals surface area contributed by atoms with Crippen LogP contribution in [0.15, 0.2) is 12.5 Å². The number of carbonyl (C=O) groups excluding carboxylic acids is 4. The maximum Gasteiger partial charge on any atom is 0.326 e. The summed E-state index contributed by atoms with van der Waals surface area (Å²) >= 11 is 1.46. The van der Waals surface area contributed by atoms with Gasteiger partial charge in [0.25, 0.3) is 0 Å². The molecular formula is C22H38N8O6S. The molecule has 15 heteroatoms. The number of H-pyrrole nitrogens is 1. The number of nitrogens with zero attached hydrogens (tertiary/aromatic N) is 1. The van der Waals surface area contributed by atoms with Gasteiger partial charge in [0.1, 0.15) is 18.1 Å². The number of rotatable bonds is 19. The van der Waals surface area contributed by atoms with Crippen molar-refractivity contribution < 1.29 is 29.1 Å². The number of primary amides is 1. The molecule has 0 fully saturated rings. The van der Waals surface area contributed by atoms with Gasteiger partial charge in [0.05, 0.1) is 12.4 Å². The molecule has 0 bridgehead atoms. The maximum atomic E-state index is 13.1. The minimum absolute atomic E-state index is 0.0229. The topological polar surface area (TPSA) is 248 Å². The van der Waals surface area contributed by atoms with E-state index in [-0.39, 0.29) is 32.1 Å². The number of unbranched alkanes of at least 4 members (excludes halogenated alkanes) is 1. The minimum atomic E-state index is -1.25. The van der Waals surface area contributed by atoms with Crippen LogP contribution in [0.1, 0.15) is 44.2 Å². The van der Waals surface area contributed by atoms with Gasteiger partial charge >= 0.3 is 5.97 Å². The van der Waals surface area contributed by atoms with E-state index in [0.29, 0.717) is 30.8 Å². The zero-order valence-corrected chi connectivity index (χ0v) is 21.7. The number of nitrogens with two attached hydrogens (primary N) is 3. The first-order valence-corrected chi connectivity index (χ1v) is 13.3. The molecule has 1 heterocycles. The lowest BCUT2D eigenvalue weighted by Gasteiger charge is -2.25. The zero-order chi connectivity index (χ0) is 27.8. The summed E-state index contributed by atoms with van der Waals surface area (Å²) in [5.41, 5.74) is 17.0. The molecule has 4 unspecified atom stereocenters. The first-order chi connectivity index (χ1) is 17.6. The van der Waals surface area contributed by atoms with Gasteiger partial charge in [-0.2, -0.15) is 11.8 Å². The Labute approximate surface area is 219 Å². The largest absolute Gasteiger partial charge is 0.480 e. The third-order valence-electron chi connectivity index (χ3n) is 5.46. The minimum Gasteiger partial charge on any atom is -0.480 e. The molecule has 1 rings (SSSR count).